The van der Waals surface area contributed by atoms with Crippen molar-refractivity contribution in [3.63, 3.8) is 0 Å². The van der Waals surface area contributed by atoms with E-state index < -0.39 is 10.0 Å². The van der Waals surface area contributed by atoms with Crippen molar-refractivity contribution in [1.29, 1.82) is 0 Å². The van der Waals surface area contributed by atoms with E-state index in [9.17, 15) is 8.42 Å². The Morgan fingerprint density at radius 3 is 2.52 bits per heavy atom. The van der Waals surface area contributed by atoms with Gasteiger partial charge in [-0.2, -0.15) is 0 Å². The van der Waals surface area contributed by atoms with Gasteiger partial charge in [-0.05, 0) is 31.5 Å². The van der Waals surface area contributed by atoms with Gasteiger partial charge in [-0.15, -0.1) is 0 Å². The van der Waals surface area contributed by atoms with E-state index in [2.05, 4.69) is 9.71 Å². The van der Waals surface area contributed by atoms with Crippen LogP contribution in [0.25, 0.3) is 0 Å². The highest BCUT2D eigenvalue weighted by Crippen LogP contribution is 2.18. The minimum absolute atomic E-state index is 0.0794. The third-order valence-electron chi connectivity index (χ3n) is 3.24. The first-order valence-corrected chi connectivity index (χ1v) is 8.15. The number of nitrogens with zero attached hydrogens (tertiary/aromatic N) is 1. The minimum Gasteiger partial charge on any atom is -0.325 e. The maximum absolute atomic E-state index is 12.5. The molecular weight excluding hydrogens is 286 g/mol. The van der Waals surface area contributed by atoms with E-state index in [1.165, 1.54) is 12.3 Å². The van der Waals surface area contributed by atoms with Gasteiger partial charge in [-0.1, -0.05) is 29.8 Å². The summed E-state index contributed by atoms with van der Waals surface area (Å²) in [6.45, 7) is 3.87. The van der Waals surface area contributed by atoms with Crippen LogP contribution in [0.15, 0.2) is 47.5 Å². The molecule has 0 radical (unpaired) electrons. The molecule has 21 heavy (non-hydrogen) atoms. The van der Waals surface area contributed by atoms with Gasteiger partial charge < -0.3 is 5.73 Å². The van der Waals surface area contributed by atoms with Crippen LogP contribution < -0.4 is 10.5 Å². The molecule has 1 heterocycles. The Hall–Kier alpha value is -1.76. The fourth-order valence-corrected chi connectivity index (χ4v) is 3.47. The van der Waals surface area contributed by atoms with Crippen LogP contribution >= 0.6 is 0 Å². The molecule has 1 aromatic heterocycles. The van der Waals surface area contributed by atoms with E-state index in [1.807, 2.05) is 31.2 Å². The molecule has 1 atom stereocenters. The molecule has 0 saturated heterocycles. The van der Waals surface area contributed by atoms with Crippen molar-refractivity contribution in [3.05, 3.63) is 59.4 Å². The van der Waals surface area contributed by atoms with Gasteiger partial charge in [0.15, 0.2) is 0 Å². The van der Waals surface area contributed by atoms with Crippen molar-refractivity contribution in [2.24, 2.45) is 5.73 Å². The van der Waals surface area contributed by atoms with Gasteiger partial charge in [0.2, 0.25) is 10.0 Å². The Kier molecular flexibility index (Phi) is 4.72. The minimum atomic E-state index is -3.65. The predicted molar refractivity (Wildman–Crippen MR) is 82.0 cm³/mol. The highest BCUT2D eigenvalue weighted by molar-refractivity contribution is 7.89. The molecule has 1 aromatic carbocycles. The second-order valence-corrected chi connectivity index (χ2v) is 6.59. The lowest BCUT2D eigenvalue weighted by atomic mass is 10.1. The van der Waals surface area contributed by atoms with Crippen molar-refractivity contribution >= 4 is 10.0 Å². The van der Waals surface area contributed by atoms with E-state index in [-0.39, 0.29) is 17.5 Å². The van der Waals surface area contributed by atoms with Gasteiger partial charge in [0, 0.05) is 18.8 Å². The Bertz CT molecular complexity index is 712. The Morgan fingerprint density at radius 2 is 1.90 bits per heavy atom. The number of rotatable bonds is 5. The molecule has 112 valence electrons. The maximum Gasteiger partial charge on any atom is 0.242 e. The van der Waals surface area contributed by atoms with Crippen LogP contribution in [0.5, 0.6) is 0 Å². The summed E-state index contributed by atoms with van der Waals surface area (Å²) in [5, 5.41) is 0. The number of pyridine rings is 1. The molecule has 3 N–H and O–H groups in total. The monoisotopic (exact) mass is 305 g/mol. The molecule has 0 spiro atoms. The SMILES string of the molecule is Cc1ccc(C(C)NS(=O)(=O)c2cccnc2CN)cc1. The fourth-order valence-electron chi connectivity index (χ4n) is 2.04. The quantitative estimate of drug-likeness (QED) is 0.883. The number of benzene rings is 1. The molecule has 5 nitrogen and oxygen atoms in total. The topological polar surface area (TPSA) is 85.1 Å². The van der Waals surface area contributed by atoms with Crippen LogP contribution in [0, 0.1) is 6.92 Å². The summed E-state index contributed by atoms with van der Waals surface area (Å²) in [6, 6.07) is 10.5. The van der Waals surface area contributed by atoms with Gasteiger partial charge in [0.05, 0.1) is 5.69 Å². The Morgan fingerprint density at radius 1 is 1.24 bits per heavy atom. The largest absolute Gasteiger partial charge is 0.325 e. The first-order chi connectivity index (χ1) is 9.94. The van der Waals surface area contributed by atoms with Crippen molar-refractivity contribution in [3.8, 4) is 0 Å². The van der Waals surface area contributed by atoms with Crippen molar-refractivity contribution < 1.29 is 8.42 Å². The summed E-state index contributed by atoms with van der Waals surface area (Å²) >= 11 is 0. The van der Waals surface area contributed by atoms with Crippen molar-refractivity contribution in [2.45, 2.75) is 31.3 Å². The van der Waals surface area contributed by atoms with E-state index >= 15 is 0 Å². The van der Waals surface area contributed by atoms with Crippen LogP contribution in [0.4, 0.5) is 0 Å². The van der Waals surface area contributed by atoms with Crippen LogP contribution in [-0.2, 0) is 16.6 Å². The summed E-state index contributed by atoms with van der Waals surface area (Å²) in [7, 11) is -3.65. The van der Waals surface area contributed by atoms with E-state index in [0.717, 1.165) is 11.1 Å². The molecule has 2 aromatic rings. The van der Waals surface area contributed by atoms with Crippen LogP contribution in [0.1, 0.15) is 29.8 Å². The van der Waals surface area contributed by atoms with Gasteiger partial charge in [0.25, 0.3) is 0 Å². The predicted octanol–water partition coefficient (Wildman–Crippen LogP) is 1.89. The number of nitrogens with two attached hydrogens (primary N) is 1. The highest BCUT2D eigenvalue weighted by Gasteiger charge is 2.21. The molecule has 2 rings (SSSR count). The average Bonchev–Trinajstić information content (AvgIpc) is 2.47. The molecular formula is C15H19N3O2S. The summed E-state index contributed by atoms with van der Waals surface area (Å²) in [6.07, 6.45) is 1.53. The number of nitrogens with one attached hydrogen (secondary N) is 1. The number of sulfonamides is 1. The third kappa shape index (κ3) is 3.66. The van der Waals surface area contributed by atoms with Crippen LogP contribution in [0.2, 0.25) is 0 Å². The second-order valence-electron chi connectivity index (χ2n) is 4.91. The summed E-state index contributed by atoms with van der Waals surface area (Å²) in [5.41, 5.74) is 7.95. The van der Waals surface area contributed by atoms with Gasteiger partial charge >= 0.3 is 0 Å². The molecule has 0 aliphatic rings. The molecule has 0 aliphatic carbocycles. The van der Waals surface area contributed by atoms with E-state index in [1.54, 1.807) is 13.0 Å². The van der Waals surface area contributed by atoms with Crippen LogP contribution in [0.3, 0.4) is 0 Å². The van der Waals surface area contributed by atoms with Crippen molar-refractivity contribution in [2.75, 3.05) is 0 Å². The van der Waals surface area contributed by atoms with E-state index in [4.69, 9.17) is 5.73 Å². The fraction of sp³-hybridized carbons (Fsp3) is 0.267. The average molecular weight is 305 g/mol. The zero-order valence-corrected chi connectivity index (χ0v) is 12.9. The molecule has 0 aliphatic heterocycles. The summed E-state index contributed by atoms with van der Waals surface area (Å²) < 4.78 is 27.6. The van der Waals surface area contributed by atoms with Gasteiger partial charge in [-0.3, -0.25) is 4.98 Å². The zero-order valence-electron chi connectivity index (χ0n) is 12.1. The lowest BCUT2D eigenvalue weighted by molar-refractivity contribution is 0.565. The standard InChI is InChI=1S/C15H19N3O2S/c1-11-5-7-13(8-6-11)12(2)18-21(19,20)15-4-3-9-17-14(15)10-16/h3-9,12,18H,10,16H2,1-2H3. The lowest BCUT2D eigenvalue weighted by Crippen LogP contribution is -2.28. The number of aryl methyl sites for hydroxylation is 1. The molecule has 0 bridgehead atoms. The molecule has 6 heteroatoms. The summed E-state index contributed by atoms with van der Waals surface area (Å²) in [4.78, 5) is 4.14. The number of aromatic nitrogens is 1. The molecule has 0 fully saturated rings. The first-order valence-electron chi connectivity index (χ1n) is 6.67. The van der Waals surface area contributed by atoms with Gasteiger partial charge in [-0.25, -0.2) is 13.1 Å². The van der Waals surface area contributed by atoms with Gasteiger partial charge in [0.1, 0.15) is 4.90 Å². The summed E-state index contributed by atoms with van der Waals surface area (Å²) in [5.74, 6) is 0. The Balaban J connectivity index is 2.26. The maximum atomic E-state index is 12.5. The molecule has 1 unspecified atom stereocenters. The van der Waals surface area contributed by atoms with Crippen LogP contribution in [-0.4, -0.2) is 13.4 Å². The lowest BCUT2D eigenvalue weighted by Gasteiger charge is -2.16. The zero-order chi connectivity index (χ0) is 15.5. The Labute approximate surface area is 125 Å². The second kappa shape index (κ2) is 6.34. The van der Waals surface area contributed by atoms with E-state index in [0.29, 0.717) is 5.69 Å². The molecule has 0 saturated carbocycles. The normalized spacial score (nSPS) is 13.1. The molecule has 0 amide bonds. The van der Waals surface area contributed by atoms with Crippen molar-refractivity contribution in [1.82, 2.24) is 9.71 Å². The smallest absolute Gasteiger partial charge is 0.242 e. The third-order valence-corrected chi connectivity index (χ3v) is 4.86. The number of hydrogen-bond acceptors (Lipinski definition) is 4. The number of hydrogen-bond donors (Lipinski definition) is 2. The highest BCUT2D eigenvalue weighted by atomic mass is 32.2. The first kappa shape index (κ1) is 15.6.